The van der Waals surface area contributed by atoms with Crippen molar-refractivity contribution in [3.05, 3.63) is 40.7 Å². The summed E-state index contributed by atoms with van der Waals surface area (Å²) in [7, 11) is 0. The van der Waals surface area contributed by atoms with E-state index >= 15 is 0 Å². The molecule has 6 heteroatoms. The Balaban J connectivity index is 2.07. The zero-order valence-corrected chi connectivity index (χ0v) is 11.5. The monoisotopic (exact) mass is 282 g/mol. The first-order valence-electron chi connectivity index (χ1n) is 5.33. The summed E-state index contributed by atoms with van der Waals surface area (Å²) in [5.74, 6) is 0.496. The van der Waals surface area contributed by atoms with Crippen LogP contribution in [0.1, 0.15) is 23.2 Å². The minimum Gasteiger partial charge on any atom is -0.416 e. The number of halogens is 1. The Bertz CT molecular complexity index is 553. The molecule has 1 aromatic heterocycles. The number of hydrogen-bond acceptors (Lipinski definition) is 5. The van der Waals surface area contributed by atoms with E-state index in [-0.39, 0.29) is 11.0 Å². The first-order chi connectivity index (χ1) is 8.56. The molecular formula is C12H11ClN2O2S. The van der Waals surface area contributed by atoms with Gasteiger partial charge in [-0.15, -0.1) is 10.2 Å². The van der Waals surface area contributed by atoms with Crippen LogP contribution in [0.4, 0.5) is 0 Å². The molecule has 0 spiro atoms. The molecule has 18 heavy (non-hydrogen) atoms. The van der Waals surface area contributed by atoms with Crippen LogP contribution in [0.3, 0.4) is 0 Å². The molecule has 0 aliphatic rings. The Hall–Kier alpha value is -1.33. The lowest BCUT2D eigenvalue weighted by Crippen LogP contribution is -2.13. The van der Waals surface area contributed by atoms with Gasteiger partial charge < -0.3 is 4.42 Å². The van der Waals surface area contributed by atoms with E-state index in [1.165, 1.54) is 11.8 Å². The molecule has 0 bridgehead atoms. The second kappa shape index (κ2) is 5.54. The van der Waals surface area contributed by atoms with Crippen molar-refractivity contribution in [3.63, 3.8) is 0 Å². The summed E-state index contributed by atoms with van der Waals surface area (Å²) in [6, 6.07) is 6.81. The van der Waals surface area contributed by atoms with Crippen LogP contribution < -0.4 is 0 Å². The molecule has 1 heterocycles. The Labute approximate surface area is 114 Å². The number of carbonyl (C=O) groups excluding carboxylic acids is 1. The molecule has 0 N–H and O–H groups in total. The highest BCUT2D eigenvalue weighted by atomic mass is 35.5. The van der Waals surface area contributed by atoms with Crippen molar-refractivity contribution < 1.29 is 9.21 Å². The third-order valence-electron chi connectivity index (χ3n) is 2.28. The zero-order valence-electron chi connectivity index (χ0n) is 9.88. The average molecular weight is 283 g/mol. The van der Waals surface area contributed by atoms with E-state index < -0.39 is 0 Å². The van der Waals surface area contributed by atoms with Gasteiger partial charge in [0.25, 0.3) is 5.22 Å². The predicted molar refractivity (Wildman–Crippen MR) is 70.1 cm³/mol. The molecule has 0 unspecified atom stereocenters. The number of benzene rings is 1. The molecule has 0 aliphatic heterocycles. The first-order valence-corrected chi connectivity index (χ1v) is 6.58. The van der Waals surface area contributed by atoms with E-state index in [2.05, 4.69) is 10.2 Å². The topological polar surface area (TPSA) is 56.0 Å². The van der Waals surface area contributed by atoms with Gasteiger partial charge in [0, 0.05) is 17.5 Å². The van der Waals surface area contributed by atoms with Gasteiger partial charge in [-0.1, -0.05) is 23.4 Å². The summed E-state index contributed by atoms with van der Waals surface area (Å²) in [4.78, 5) is 12.1. The lowest BCUT2D eigenvalue weighted by molar-refractivity contribution is 0.0993. The third kappa shape index (κ3) is 3.11. The molecule has 0 saturated carbocycles. The first kappa shape index (κ1) is 13.1. The molecule has 0 amide bonds. The van der Waals surface area contributed by atoms with Gasteiger partial charge in [-0.25, -0.2) is 0 Å². The van der Waals surface area contributed by atoms with Gasteiger partial charge in [0.15, 0.2) is 5.78 Å². The van der Waals surface area contributed by atoms with Crippen LogP contribution in [0.2, 0.25) is 5.02 Å². The van der Waals surface area contributed by atoms with E-state index in [9.17, 15) is 4.79 Å². The molecule has 0 fully saturated rings. The van der Waals surface area contributed by atoms with Crippen LogP contribution in [0.5, 0.6) is 0 Å². The summed E-state index contributed by atoms with van der Waals surface area (Å²) in [5.41, 5.74) is 0.621. The standard InChI is InChI=1S/C12H11ClN2O2S/c1-7(18-12-15-14-8(2)17-12)11(16)9-3-5-10(13)6-4-9/h3-7H,1-2H3/t7-/m0/s1. The highest BCUT2D eigenvalue weighted by Crippen LogP contribution is 2.24. The van der Waals surface area contributed by atoms with E-state index in [0.717, 1.165) is 0 Å². The Morgan fingerprint density at radius 3 is 2.56 bits per heavy atom. The summed E-state index contributed by atoms with van der Waals surface area (Å²) < 4.78 is 5.23. The van der Waals surface area contributed by atoms with E-state index in [0.29, 0.717) is 21.7 Å². The quantitative estimate of drug-likeness (QED) is 0.635. The third-order valence-corrected chi connectivity index (χ3v) is 3.47. The fraction of sp³-hybridized carbons (Fsp3) is 0.250. The number of ketones is 1. The van der Waals surface area contributed by atoms with Crippen molar-refractivity contribution in [1.29, 1.82) is 0 Å². The molecule has 4 nitrogen and oxygen atoms in total. The number of carbonyl (C=O) groups is 1. The lowest BCUT2D eigenvalue weighted by Gasteiger charge is -2.07. The van der Waals surface area contributed by atoms with Crippen molar-refractivity contribution >= 4 is 29.1 Å². The smallest absolute Gasteiger partial charge is 0.277 e. The van der Waals surface area contributed by atoms with Crippen LogP contribution in [-0.4, -0.2) is 21.2 Å². The Morgan fingerprint density at radius 1 is 1.33 bits per heavy atom. The molecule has 2 rings (SSSR count). The molecule has 94 valence electrons. The number of Topliss-reactive ketones (excluding diaryl/α,β-unsaturated/α-hetero) is 1. The van der Waals surface area contributed by atoms with Gasteiger partial charge in [0.05, 0.1) is 5.25 Å². The highest BCUT2D eigenvalue weighted by Gasteiger charge is 2.19. The molecule has 0 aliphatic carbocycles. The maximum absolute atomic E-state index is 12.1. The fourth-order valence-corrected chi connectivity index (χ4v) is 2.31. The van der Waals surface area contributed by atoms with Crippen molar-refractivity contribution in [1.82, 2.24) is 10.2 Å². The number of nitrogens with zero attached hydrogens (tertiary/aromatic N) is 2. The van der Waals surface area contributed by atoms with Gasteiger partial charge in [0.1, 0.15) is 0 Å². The molecular weight excluding hydrogens is 272 g/mol. The van der Waals surface area contributed by atoms with Crippen LogP contribution in [0, 0.1) is 6.92 Å². The van der Waals surface area contributed by atoms with Crippen molar-refractivity contribution in [2.24, 2.45) is 0 Å². The summed E-state index contributed by atoms with van der Waals surface area (Å²) in [6.07, 6.45) is 0. The number of aromatic nitrogens is 2. The van der Waals surface area contributed by atoms with Gasteiger partial charge >= 0.3 is 0 Å². The normalized spacial score (nSPS) is 12.4. The van der Waals surface area contributed by atoms with Gasteiger partial charge in [-0.05, 0) is 31.2 Å². The Morgan fingerprint density at radius 2 is 2.00 bits per heavy atom. The van der Waals surface area contributed by atoms with Crippen LogP contribution >= 0.6 is 23.4 Å². The number of hydrogen-bond donors (Lipinski definition) is 0. The zero-order chi connectivity index (χ0) is 13.1. The summed E-state index contributed by atoms with van der Waals surface area (Å²) >= 11 is 7.03. The van der Waals surface area contributed by atoms with Crippen LogP contribution in [0.15, 0.2) is 33.9 Å². The van der Waals surface area contributed by atoms with E-state index in [1.54, 1.807) is 38.1 Å². The number of rotatable bonds is 4. The summed E-state index contributed by atoms with van der Waals surface area (Å²) in [5, 5.41) is 8.30. The summed E-state index contributed by atoms with van der Waals surface area (Å²) in [6.45, 7) is 3.52. The second-order valence-corrected chi connectivity index (χ2v) is 5.45. The number of aryl methyl sites for hydroxylation is 1. The van der Waals surface area contributed by atoms with Crippen molar-refractivity contribution in [2.45, 2.75) is 24.3 Å². The SMILES string of the molecule is Cc1nnc(S[C@@H](C)C(=O)c2ccc(Cl)cc2)o1. The molecule has 1 aromatic carbocycles. The van der Waals surface area contributed by atoms with E-state index in [4.69, 9.17) is 16.0 Å². The molecule has 2 aromatic rings. The minimum absolute atomic E-state index is 0.00696. The molecule has 0 saturated heterocycles. The maximum Gasteiger partial charge on any atom is 0.277 e. The van der Waals surface area contributed by atoms with Gasteiger partial charge in [-0.2, -0.15) is 0 Å². The van der Waals surface area contributed by atoms with Crippen LogP contribution in [0.25, 0.3) is 0 Å². The van der Waals surface area contributed by atoms with E-state index in [1.807, 2.05) is 0 Å². The van der Waals surface area contributed by atoms with Crippen LogP contribution in [-0.2, 0) is 0 Å². The molecule has 0 radical (unpaired) electrons. The van der Waals surface area contributed by atoms with Crippen molar-refractivity contribution in [2.75, 3.05) is 0 Å². The van der Waals surface area contributed by atoms with Gasteiger partial charge in [0.2, 0.25) is 5.89 Å². The highest BCUT2D eigenvalue weighted by molar-refractivity contribution is 8.00. The van der Waals surface area contributed by atoms with Crippen molar-refractivity contribution in [3.8, 4) is 0 Å². The largest absolute Gasteiger partial charge is 0.416 e. The van der Waals surface area contributed by atoms with Gasteiger partial charge in [-0.3, -0.25) is 4.79 Å². The number of thioether (sulfide) groups is 1. The second-order valence-electron chi connectivity index (χ2n) is 3.72. The predicted octanol–water partition coefficient (Wildman–Crippen LogP) is 3.39. The molecule has 1 atom stereocenters. The average Bonchev–Trinajstić information content (AvgIpc) is 2.75. The Kier molecular flexibility index (Phi) is 4.04. The fourth-order valence-electron chi connectivity index (χ4n) is 1.38. The minimum atomic E-state index is -0.286. The maximum atomic E-state index is 12.1. The lowest BCUT2D eigenvalue weighted by atomic mass is 10.1.